The van der Waals surface area contributed by atoms with Crippen LogP contribution in [-0.4, -0.2) is 80.0 Å². The van der Waals surface area contributed by atoms with Crippen LogP contribution in [0.15, 0.2) is 0 Å². The number of carbonyl (C=O) groups is 1. The van der Waals surface area contributed by atoms with E-state index in [1.54, 1.807) is 0 Å². The first-order chi connectivity index (χ1) is 9.89. The minimum absolute atomic E-state index is 0.148. The summed E-state index contributed by atoms with van der Waals surface area (Å²) in [6.07, 6.45) is 5.87. The van der Waals surface area contributed by atoms with E-state index in [-0.39, 0.29) is 11.9 Å². The Hall–Kier alpha value is -0.660. The molecule has 0 aromatic heterocycles. The molecule has 0 N–H and O–H groups in total. The number of hydrogen-bond donors (Lipinski definition) is 0. The van der Waals surface area contributed by atoms with Gasteiger partial charge in [0.15, 0.2) is 0 Å². The zero-order valence-electron chi connectivity index (χ0n) is 13.1. The molecule has 2 rings (SSSR count). The van der Waals surface area contributed by atoms with Crippen LogP contribution in [0, 0.1) is 0 Å². The van der Waals surface area contributed by atoms with Crippen LogP contribution < -0.4 is 0 Å². The lowest BCUT2D eigenvalue weighted by molar-refractivity contribution is -0.136. The fourth-order valence-electron chi connectivity index (χ4n) is 3.13. The summed E-state index contributed by atoms with van der Waals surface area (Å²) in [7, 11) is -3.11. The summed E-state index contributed by atoms with van der Waals surface area (Å²) >= 11 is 0. The molecule has 1 atom stereocenters. The molecule has 1 amide bonds. The van der Waals surface area contributed by atoms with Gasteiger partial charge in [-0.3, -0.25) is 9.69 Å². The second-order valence-electron chi connectivity index (χ2n) is 6.11. The first-order valence-corrected chi connectivity index (χ1v) is 9.72. The van der Waals surface area contributed by atoms with Crippen LogP contribution in [-0.2, 0) is 14.8 Å². The van der Waals surface area contributed by atoms with E-state index in [4.69, 9.17) is 0 Å². The predicted molar refractivity (Wildman–Crippen MR) is 82.5 cm³/mol. The lowest BCUT2D eigenvalue weighted by Gasteiger charge is -2.37. The molecule has 0 aromatic carbocycles. The summed E-state index contributed by atoms with van der Waals surface area (Å²) in [4.78, 5) is 16.7. The highest BCUT2D eigenvalue weighted by Crippen LogP contribution is 2.15. The predicted octanol–water partition coefficient (Wildman–Crippen LogP) is 0.355. The Kier molecular flexibility index (Phi) is 5.62. The third kappa shape index (κ3) is 4.40. The number of amides is 1. The van der Waals surface area contributed by atoms with Crippen molar-refractivity contribution in [1.82, 2.24) is 14.1 Å². The van der Waals surface area contributed by atoms with Gasteiger partial charge in [-0.15, -0.1) is 0 Å². The summed E-state index contributed by atoms with van der Waals surface area (Å²) in [6.45, 7) is 5.91. The van der Waals surface area contributed by atoms with Crippen LogP contribution in [0.3, 0.4) is 0 Å². The number of likely N-dealkylation sites (tertiary alicyclic amines) is 1. The third-order valence-corrected chi connectivity index (χ3v) is 5.87. The van der Waals surface area contributed by atoms with Crippen molar-refractivity contribution in [3.63, 3.8) is 0 Å². The van der Waals surface area contributed by atoms with E-state index in [0.717, 1.165) is 25.9 Å². The van der Waals surface area contributed by atoms with Crippen molar-refractivity contribution >= 4 is 15.9 Å². The second kappa shape index (κ2) is 7.07. The lowest BCUT2D eigenvalue weighted by Crippen LogP contribution is -2.55. The highest BCUT2D eigenvalue weighted by Gasteiger charge is 2.31. The molecule has 2 saturated heterocycles. The zero-order chi connectivity index (χ0) is 15.5. The van der Waals surface area contributed by atoms with Gasteiger partial charge < -0.3 is 4.90 Å². The number of nitrogens with zero attached hydrogens (tertiary/aromatic N) is 3. The van der Waals surface area contributed by atoms with Gasteiger partial charge in [-0.25, -0.2) is 8.42 Å². The van der Waals surface area contributed by atoms with E-state index in [1.807, 2.05) is 11.8 Å². The Morgan fingerprint density at radius 1 is 0.905 bits per heavy atom. The van der Waals surface area contributed by atoms with Gasteiger partial charge in [-0.2, -0.15) is 4.31 Å². The van der Waals surface area contributed by atoms with Crippen molar-refractivity contribution in [2.45, 2.75) is 38.6 Å². The maximum absolute atomic E-state index is 12.6. The molecule has 21 heavy (non-hydrogen) atoms. The molecule has 2 aliphatic heterocycles. The quantitative estimate of drug-likeness (QED) is 0.754. The molecule has 7 heteroatoms. The summed E-state index contributed by atoms with van der Waals surface area (Å²) in [6, 6.07) is -0.148. The van der Waals surface area contributed by atoms with E-state index in [9.17, 15) is 13.2 Å². The Labute approximate surface area is 128 Å². The second-order valence-corrected chi connectivity index (χ2v) is 8.10. The smallest absolute Gasteiger partial charge is 0.239 e. The van der Waals surface area contributed by atoms with Gasteiger partial charge in [0.25, 0.3) is 0 Å². The fourth-order valence-corrected chi connectivity index (χ4v) is 3.96. The Morgan fingerprint density at radius 3 is 1.90 bits per heavy atom. The molecule has 0 saturated carbocycles. The van der Waals surface area contributed by atoms with Crippen molar-refractivity contribution in [1.29, 1.82) is 0 Å². The Balaban J connectivity index is 1.88. The Bertz CT molecular complexity index is 450. The van der Waals surface area contributed by atoms with Gasteiger partial charge in [-0.05, 0) is 19.8 Å². The first kappa shape index (κ1) is 16.7. The Morgan fingerprint density at radius 2 is 1.43 bits per heavy atom. The summed E-state index contributed by atoms with van der Waals surface area (Å²) in [5.74, 6) is 0.199. The molecule has 0 aliphatic carbocycles. The van der Waals surface area contributed by atoms with Crippen LogP contribution in [0.1, 0.15) is 32.6 Å². The molecule has 0 spiro atoms. The number of sulfonamides is 1. The molecular weight excluding hydrogens is 290 g/mol. The highest BCUT2D eigenvalue weighted by molar-refractivity contribution is 7.88. The number of carbonyl (C=O) groups excluding carboxylic acids is 1. The number of hydrogen-bond acceptors (Lipinski definition) is 4. The molecule has 122 valence electrons. The molecule has 2 heterocycles. The molecule has 0 aromatic rings. The van der Waals surface area contributed by atoms with Crippen molar-refractivity contribution in [2.75, 3.05) is 45.5 Å². The molecule has 1 unspecified atom stereocenters. The van der Waals surface area contributed by atoms with E-state index >= 15 is 0 Å². The molecular formula is C14H27N3O3S. The minimum atomic E-state index is -3.11. The van der Waals surface area contributed by atoms with E-state index < -0.39 is 10.0 Å². The molecule has 0 radical (unpaired) electrons. The monoisotopic (exact) mass is 317 g/mol. The average molecular weight is 317 g/mol. The summed E-state index contributed by atoms with van der Waals surface area (Å²) in [5.41, 5.74) is 0. The molecule has 0 bridgehead atoms. The molecule has 6 nitrogen and oxygen atoms in total. The van der Waals surface area contributed by atoms with E-state index in [2.05, 4.69) is 4.90 Å². The van der Waals surface area contributed by atoms with Crippen molar-refractivity contribution in [3.05, 3.63) is 0 Å². The standard InChI is InChI=1S/C14H27N3O3S/c1-13(14(18)16-7-5-3-4-6-8-16)15-9-11-17(12-10-15)21(2,19)20/h13H,3-12H2,1-2H3. The van der Waals surface area contributed by atoms with Crippen molar-refractivity contribution < 1.29 is 13.2 Å². The van der Waals surface area contributed by atoms with Gasteiger partial charge in [0, 0.05) is 39.3 Å². The first-order valence-electron chi connectivity index (χ1n) is 7.87. The van der Waals surface area contributed by atoms with E-state index in [1.165, 1.54) is 23.4 Å². The topological polar surface area (TPSA) is 60.9 Å². The summed E-state index contributed by atoms with van der Waals surface area (Å²) < 4.78 is 24.5. The van der Waals surface area contributed by atoms with Gasteiger partial charge in [0.05, 0.1) is 12.3 Å². The van der Waals surface area contributed by atoms with Crippen LogP contribution in [0.25, 0.3) is 0 Å². The van der Waals surface area contributed by atoms with Crippen LogP contribution >= 0.6 is 0 Å². The average Bonchev–Trinajstić information content (AvgIpc) is 2.74. The molecule has 2 aliphatic rings. The molecule has 2 fully saturated rings. The maximum Gasteiger partial charge on any atom is 0.239 e. The number of piperazine rings is 1. The van der Waals surface area contributed by atoms with Crippen molar-refractivity contribution in [2.24, 2.45) is 0 Å². The van der Waals surface area contributed by atoms with Gasteiger partial charge in [0.2, 0.25) is 15.9 Å². The summed E-state index contributed by atoms with van der Waals surface area (Å²) in [5, 5.41) is 0. The van der Waals surface area contributed by atoms with Gasteiger partial charge >= 0.3 is 0 Å². The van der Waals surface area contributed by atoms with Crippen LogP contribution in [0.5, 0.6) is 0 Å². The van der Waals surface area contributed by atoms with Gasteiger partial charge in [0.1, 0.15) is 0 Å². The highest BCUT2D eigenvalue weighted by atomic mass is 32.2. The normalized spacial score (nSPS) is 24.6. The number of rotatable bonds is 3. The SMILES string of the molecule is CC(C(=O)N1CCCCCC1)N1CCN(S(C)(=O)=O)CC1. The van der Waals surface area contributed by atoms with Crippen LogP contribution in [0.4, 0.5) is 0 Å². The lowest BCUT2D eigenvalue weighted by atomic mass is 10.2. The van der Waals surface area contributed by atoms with Crippen LogP contribution in [0.2, 0.25) is 0 Å². The van der Waals surface area contributed by atoms with E-state index in [0.29, 0.717) is 26.2 Å². The largest absolute Gasteiger partial charge is 0.341 e. The minimum Gasteiger partial charge on any atom is -0.341 e. The maximum atomic E-state index is 12.6. The van der Waals surface area contributed by atoms with Crippen molar-refractivity contribution in [3.8, 4) is 0 Å². The zero-order valence-corrected chi connectivity index (χ0v) is 13.9. The van der Waals surface area contributed by atoms with Gasteiger partial charge in [-0.1, -0.05) is 12.8 Å². The fraction of sp³-hybridized carbons (Fsp3) is 0.929. The third-order valence-electron chi connectivity index (χ3n) is 4.57.